The second kappa shape index (κ2) is 17.0. The van der Waals surface area contributed by atoms with Gasteiger partial charge in [0.15, 0.2) is 0 Å². The highest BCUT2D eigenvalue weighted by Gasteiger charge is 2.41. The fourth-order valence-electron chi connectivity index (χ4n) is 9.46. The monoisotopic (exact) mass is 730 g/mol. The van der Waals surface area contributed by atoms with E-state index < -0.39 is 27.7 Å². The lowest BCUT2D eigenvalue weighted by atomic mass is 9.67. The van der Waals surface area contributed by atoms with E-state index in [0.717, 1.165) is 89.5 Å². The molecule has 9 heteroatoms. The second-order valence-electron chi connectivity index (χ2n) is 15.6. The van der Waals surface area contributed by atoms with Crippen LogP contribution in [-0.2, 0) is 18.0 Å². The molecule has 1 atom stereocenters. The highest BCUT2D eigenvalue weighted by molar-refractivity contribution is 7.13. The van der Waals surface area contributed by atoms with Crippen molar-refractivity contribution in [2.45, 2.75) is 154 Å². The van der Waals surface area contributed by atoms with Crippen molar-refractivity contribution in [3.05, 3.63) is 49.9 Å². The smallest absolute Gasteiger partial charge is 0.384 e. The predicted octanol–water partition coefficient (Wildman–Crippen LogP) is 14.3. The van der Waals surface area contributed by atoms with Gasteiger partial charge in [-0.3, -0.25) is 0 Å². The minimum absolute atomic E-state index is 0.477. The Morgan fingerprint density at radius 2 is 1.12 bits per heavy atom. The van der Waals surface area contributed by atoms with Gasteiger partial charge in [-0.15, -0.1) is 22.7 Å². The SMILES string of the molecule is CCCC1CCC(C2CC=C(c3ccc(C(F)(F)F)s3)CC2)CC1.CCCC1CCC(C2CCC(O)(c3ccc(C(F)(F)F)s3)CC2)CC1. The molecule has 2 aromatic rings. The summed E-state index contributed by atoms with van der Waals surface area (Å²) in [7, 11) is 0. The first-order valence-electron chi connectivity index (χ1n) is 19.0. The quantitative estimate of drug-likeness (QED) is 0.268. The molecule has 276 valence electrons. The zero-order valence-electron chi connectivity index (χ0n) is 29.3. The summed E-state index contributed by atoms with van der Waals surface area (Å²) in [5.41, 5.74) is 0.0794. The van der Waals surface area contributed by atoms with Crippen molar-refractivity contribution in [3.8, 4) is 0 Å². The second-order valence-corrected chi connectivity index (χ2v) is 17.8. The van der Waals surface area contributed by atoms with Gasteiger partial charge in [0.05, 0.1) is 5.60 Å². The van der Waals surface area contributed by atoms with E-state index in [4.69, 9.17) is 0 Å². The molecule has 49 heavy (non-hydrogen) atoms. The molecule has 2 aromatic heterocycles. The van der Waals surface area contributed by atoms with Gasteiger partial charge in [-0.1, -0.05) is 71.3 Å². The molecule has 3 fully saturated rings. The van der Waals surface area contributed by atoms with E-state index in [0.29, 0.717) is 35.0 Å². The standard InChI is InChI=1S/C20H29F3OS.C20H27F3S/c1-2-3-14-4-6-15(7-5-14)16-10-12-19(24,13-11-16)17-8-9-18(25-17)20(21,22)23;1-2-3-14-4-6-15(7-5-14)16-8-10-17(11-9-16)18-12-13-19(24-18)20(21,22)23/h8-9,14-16,24H,2-7,10-13H2,1H3;10,12-16H,2-9,11H2,1H3. The zero-order valence-corrected chi connectivity index (χ0v) is 31.0. The number of thiophene rings is 2. The van der Waals surface area contributed by atoms with E-state index in [1.54, 1.807) is 6.07 Å². The van der Waals surface area contributed by atoms with Crippen molar-refractivity contribution in [3.63, 3.8) is 0 Å². The molecule has 0 spiro atoms. The van der Waals surface area contributed by atoms with Gasteiger partial charge in [0.2, 0.25) is 0 Å². The molecule has 0 radical (unpaired) electrons. The van der Waals surface area contributed by atoms with Gasteiger partial charge in [0.25, 0.3) is 0 Å². The van der Waals surface area contributed by atoms with Crippen molar-refractivity contribution in [1.82, 2.24) is 0 Å². The summed E-state index contributed by atoms with van der Waals surface area (Å²) in [5, 5.41) is 10.9. The molecule has 2 heterocycles. The molecule has 0 aromatic carbocycles. The number of allylic oxidation sites excluding steroid dienone is 2. The lowest BCUT2D eigenvalue weighted by Crippen LogP contribution is -2.34. The van der Waals surface area contributed by atoms with Gasteiger partial charge in [-0.25, -0.2) is 0 Å². The molecule has 0 amide bonds. The largest absolute Gasteiger partial charge is 0.425 e. The molecule has 1 N–H and O–H groups in total. The van der Waals surface area contributed by atoms with Crippen LogP contribution in [0.3, 0.4) is 0 Å². The molecule has 1 nitrogen and oxygen atoms in total. The number of hydrogen-bond donors (Lipinski definition) is 1. The summed E-state index contributed by atoms with van der Waals surface area (Å²) in [6, 6.07) is 5.46. The Bertz CT molecular complexity index is 1310. The van der Waals surface area contributed by atoms with Crippen LogP contribution in [0.2, 0.25) is 0 Å². The van der Waals surface area contributed by atoms with Crippen LogP contribution in [-0.4, -0.2) is 5.11 Å². The van der Waals surface area contributed by atoms with Crippen LogP contribution in [0.25, 0.3) is 5.57 Å². The van der Waals surface area contributed by atoms with E-state index in [9.17, 15) is 31.4 Å². The van der Waals surface area contributed by atoms with E-state index >= 15 is 0 Å². The summed E-state index contributed by atoms with van der Waals surface area (Å²) >= 11 is 1.61. The number of halogens is 6. The Morgan fingerprint density at radius 1 is 0.633 bits per heavy atom. The number of alkyl halides is 6. The van der Waals surface area contributed by atoms with Crippen LogP contribution < -0.4 is 0 Å². The molecule has 0 bridgehead atoms. The van der Waals surface area contributed by atoms with Gasteiger partial charge in [-0.05, 0) is 136 Å². The van der Waals surface area contributed by atoms with Crippen molar-refractivity contribution in [2.24, 2.45) is 35.5 Å². The predicted molar refractivity (Wildman–Crippen MR) is 191 cm³/mol. The van der Waals surface area contributed by atoms with Crippen molar-refractivity contribution in [1.29, 1.82) is 0 Å². The van der Waals surface area contributed by atoms with Crippen LogP contribution in [0.5, 0.6) is 0 Å². The minimum Gasteiger partial charge on any atom is -0.384 e. The van der Waals surface area contributed by atoms with Gasteiger partial charge in [0.1, 0.15) is 9.75 Å². The van der Waals surface area contributed by atoms with Crippen molar-refractivity contribution >= 4 is 28.2 Å². The first-order valence-corrected chi connectivity index (χ1v) is 20.7. The summed E-state index contributed by atoms with van der Waals surface area (Å²) in [6.07, 6.45) is 16.0. The number of rotatable bonds is 8. The summed E-state index contributed by atoms with van der Waals surface area (Å²) < 4.78 is 76.7. The molecule has 1 unspecified atom stereocenters. The maximum absolute atomic E-state index is 12.8. The molecular formula is C40H56F6OS2. The Hall–Kier alpha value is -1.32. The highest BCUT2D eigenvalue weighted by Crippen LogP contribution is 2.49. The summed E-state index contributed by atoms with van der Waals surface area (Å²) in [6.45, 7) is 4.52. The maximum Gasteiger partial charge on any atom is 0.425 e. The van der Waals surface area contributed by atoms with Gasteiger partial charge in [0, 0.05) is 9.75 Å². The van der Waals surface area contributed by atoms with Crippen LogP contribution in [0.4, 0.5) is 26.3 Å². The maximum atomic E-state index is 12.8. The zero-order chi connectivity index (χ0) is 35.2. The lowest BCUT2D eigenvalue weighted by molar-refractivity contribution is -0.135. The fourth-order valence-corrected chi connectivity index (χ4v) is 11.4. The van der Waals surface area contributed by atoms with E-state index in [1.165, 1.54) is 89.2 Å². The highest BCUT2D eigenvalue weighted by atomic mass is 32.1. The minimum atomic E-state index is -4.31. The van der Waals surface area contributed by atoms with E-state index in [2.05, 4.69) is 19.9 Å². The van der Waals surface area contributed by atoms with Crippen LogP contribution >= 0.6 is 22.7 Å². The molecular weight excluding hydrogens is 675 g/mol. The average molecular weight is 731 g/mol. The molecule has 4 aliphatic carbocycles. The number of hydrogen-bond acceptors (Lipinski definition) is 3. The summed E-state index contributed by atoms with van der Waals surface area (Å²) in [4.78, 5) is 0.222. The van der Waals surface area contributed by atoms with Gasteiger partial charge >= 0.3 is 12.4 Å². The first kappa shape index (κ1) is 38.9. The Kier molecular flexibility index (Phi) is 13.5. The Balaban J connectivity index is 0.000000191. The van der Waals surface area contributed by atoms with Crippen LogP contribution in [0.1, 0.15) is 155 Å². The van der Waals surface area contributed by atoms with Crippen LogP contribution in [0, 0.1) is 35.5 Å². The Labute approximate surface area is 298 Å². The third-order valence-corrected chi connectivity index (χ3v) is 14.9. The normalized spacial score (nSPS) is 31.5. The molecule has 0 aliphatic heterocycles. The van der Waals surface area contributed by atoms with Crippen molar-refractivity contribution in [2.75, 3.05) is 0 Å². The van der Waals surface area contributed by atoms with Gasteiger partial charge in [-0.2, -0.15) is 26.3 Å². The third kappa shape index (κ3) is 10.4. The third-order valence-electron chi connectivity index (χ3n) is 12.4. The topological polar surface area (TPSA) is 20.2 Å². The average Bonchev–Trinajstić information content (AvgIpc) is 3.79. The fraction of sp³-hybridized carbons (Fsp3) is 0.750. The summed E-state index contributed by atoms with van der Waals surface area (Å²) in [5.74, 6) is 4.82. The molecule has 4 aliphatic rings. The molecule has 0 saturated heterocycles. The first-order chi connectivity index (χ1) is 23.3. The van der Waals surface area contributed by atoms with Crippen molar-refractivity contribution < 1.29 is 31.4 Å². The number of aliphatic hydroxyl groups is 1. The van der Waals surface area contributed by atoms with Crippen LogP contribution in [0.15, 0.2) is 30.3 Å². The molecule has 6 rings (SSSR count). The van der Waals surface area contributed by atoms with Gasteiger partial charge < -0.3 is 5.11 Å². The van der Waals surface area contributed by atoms with E-state index in [-0.39, 0.29) is 0 Å². The molecule has 3 saturated carbocycles. The lowest BCUT2D eigenvalue weighted by Gasteiger charge is -2.41. The van der Waals surface area contributed by atoms with E-state index in [1.807, 2.05) is 0 Å². The Morgan fingerprint density at radius 3 is 1.57 bits per heavy atom.